The minimum atomic E-state index is -0.208. The van der Waals surface area contributed by atoms with Crippen molar-refractivity contribution in [3.8, 4) is 11.5 Å². The molecule has 3 N–H and O–H groups in total. The van der Waals surface area contributed by atoms with Crippen molar-refractivity contribution in [1.82, 2.24) is 5.32 Å². The highest BCUT2D eigenvalue weighted by atomic mass is 16.5. The van der Waals surface area contributed by atoms with E-state index in [4.69, 9.17) is 4.74 Å². The number of hydrogen-bond acceptors (Lipinski definition) is 4. The number of nitrogens with one attached hydrogen (secondary N) is 2. The number of phenols is 1. The summed E-state index contributed by atoms with van der Waals surface area (Å²) in [7, 11) is 0. The number of carbonyl (C=O) groups excluding carboxylic acids is 2. The van der Waals surface area contributed by atoms with Gasteiger partial charge in [-0.2, -0.15) is 0 Å². The fourth-order valence-electron chi connectivity index (χ4n) is 3.06. The third-order valence-corrected chi connectivity index (χ3v) is 4.91. The van der Waals surface area contributed by atoms with Crippen molar-refractivity contribution >= 4 is 17.5 Å². The Morgan fingerprint density at radius 1 is 0.968 bits per heavy atom. The molecule has 0 aliphatic carbocycles. The van der Waals surface area contributed by atoms with E-state index in [1.54, 1.807) is 30.3 Å². The van der Waals surface area contributed by atoms with E-state index in [0.717, 1.165) is 37.7 Å². The Hall–Kier alpha value is -3.02. The van der Waals surface area contributed by atoms with Gasteiger partial charge < -0.3 is 20.5 Å². The van der Waals surface area contributed by atoms with Gasteiger partial charge in [-0.25, -0.2) is 0 Å². The van der Waals surface area contributed by atoms with Gasteiger partial charge in [-0.3, -0.25) is 9.59 Å². The van der Waals surface area contributed by atoms with Crippen LogP contribution in [0.3, 0.4) is 0 Å². The van der Waals surface area contributed by atoms with Crippen LogP contribution in [0.5, 0.6) is 11.5 Å². The summed E-state index contributed by atoms with van der Waals surface area (Å²) in [6.45, 7) is 5.22. The van der Waals surface area contributed by atoms with Crippen LogP contribution in [0.2, 0.25) is 0 Å². The Labute approximate surface area is 185 Å². The van der Waals surface area contributed by atoms with Gasteiger partial charge in [0.15, 0.2) is 0 Å². The molecule has 2 aromatic rings. The molecule has 0 aromatic heterocycles. The molecule has 2 amide bonds. The number of amides is 2. The van der Waals surface area contributed by atoms with Gasteiger partial charge in [-0.05, 0) is 55.2 Å². The van der Waals surface area contributed by atoms with Gasteiger partial charge >= 0.3 is 0 Å². The number of aromatic hydroxyl groups is 1. The largest absolute Gasteiger partial charge is 0.508 e. The van der Waals surface area contributed by atoms with Gasteiger partial charge in [-0.15, -0.1) is 0 Å². The first-order valence-electron chi connectivity index (χ1n) is 11.2. The number of phenolic OH excluding ortho intramolecular Hbond substituents is 1. The quantitative estimate of drug-likeness (QED) is 0.391. The maximum absolute atomic E-state index is 12.6. The Bertz CT molecular complexity index is 834. The summed E-state index contributed by atoms with van der Waals surface area (Å²) >= 11 is 0. The second kappa shape index (κ2) is 13.3. The SMILES string of the molecule is CCCCCOc1ccc(C(=O)NCCc2ccc(O)cc2)cc1NC(=O)CCCC. The highest BCUT2D eigenvalue weighted by Crippen LogP contribution is 2.27. The molecule has 0 bridgehead atoms. The van der Waals surface area contributed by atoms with E-state index in [9.17, 15) is 14.7 Å². The van der Waals surface area contributed by atoms with Crippen LogP contribution in [0.25, 0.3) is 0 Å². The molecule has 2 rings (SSSR count). The van der Waals surface area contributed by atoms with Gasteiger partial charge in [0, 0.05) is 18.5 Å². The summed E-state index contributed by atoms with van der Waals surface area (Å²) in [5.41, 5.74) is 2.03. The molecule has 0 aliphatic rings. The molecule has 6 heteroatoms. The van der Waals surface area contributed by atoms with E-state index in [0.29, 0.717) is 43.0 Å². The topological polar surface area (TPSA) is 87.7 Å². The summed E-state index contributed by atoms with van der Waals surface area (Å²) in [5, 5.41) is 15.2. The van der Waals surface area contributed by atoms with E-state index >= 15 is 0 Å². The first-order chi connectivity index (χ1) is 15.0. The maximum atomic E-state index is 12.6. The number of hydrogen-bond donors (Lipinski definition) is 3. The molecular formula is C25H34N2O4. The van der Waals surface area contributed by atoms with Gasteiger partial charge in [0.2, 0.25) is 5.91 Å². The number of ether oxygens (including phenoxy) is 1. The second-order valence-electron chi connectivity index (χ2n) is 7.59. The zero-order valence-corrected chi connectivity index (χ0v) is 18.6. The standard InChI is InChI=1S/C25H34N2O4/c1-3-5-7-17-31-23-14-11-20(18-22(23)27-24(29)8-6-4-2)25(30)26-16-15-19-9-12-21(28)13-10-19/h9-14,18,28H,3-8,15-17H2,1-2H3,(H,26,30)(H,27,29). The highest BCUT2D eigenvalue weighted by Gasteiger charge is 2.13. The van der Waals surface area contributed by atoms with Crippen LogP contribution in [-0.2, 0) is 11.2 Å². The van der Waals surface area contributed by atoms with E-state index in [1.807, 2.05) is 19.1 Å². The fourth-order valence-corrected chi connectivity index (χ4v) is 3.06. The van der Waals surface area contributed by atoms with E-state index in [2.05, 4.69) is 17.6 Å². The van der Waals surface area contributed by atoms with Gasteiger partial charge in [0.25, 0.3) is 5.91 Å². The van der Waals surface area contributed by atoms with Crippen molar-refractivity contribution in [3.05, 3.63) is 53.6 Å². The monoisotopic (exact) mass is 426 g/mol. The van der Waals surface area contributed by atoms with Crippen molar-refractivity contribution in [2.24, 2.45) is 0 Å². The number of anilines is 1. The van der Waals surface area contributed by atoms with Crippen LogP contribution in [0, 0.1) is 0 Å². The van der Waals surface area contributed by atoms with Gasteiger partial charge in [-0.1, -0.05) is 45.2 Å². The average molecular weight is 427 g/mol. The lowest BCUT2D eigenvalue weighted by Crippen LogP contribution is -2.26. The van der Waals surface area contributed by atoms with Gasteiger partial charge in [0.1, 0.15) is 11.5 Å². The number of benzene rings is 2. The highest BCUT2D eigenvalue weighted by molar-refractivity contribution is 5.98. The summed E-state index contributed by atoms with van der Waals surface area (Å²) < 4.78 is 5.86. The minimum absolute atomic E-state index is 0.0786. The third-order valence-electron chi connectivity index (χ3n) is 4.91. The Balaban J connectivity index is 2.01. The summed E-state index contributed by atoms with van der Waals surface area (Å²) in [6.07, 6.45) is 5.99. The Kier molecular flexibility index (Phi) is 10.4. The van der Waals surface area contributed by atoms with Crippen molar-refractivity contribution in [3.63, 3.8) is 0 Å². The van der Waals surface area contributed by atoms with Crippen LogP contribution < -0.4 is 15.4 Å². The number of rotatable bonds is 13. The molecule has 0 heterocycles. The first-order valence-corrected chi connectivity index (χ1v) is 11.2. The fraction of sp³-hybridized carbons (Fsp3) is 0.440. The molecular weight excluding hydrogens is 392 g/mol. The van der Waals surface area contributed by atoms with Crippen LogP contribution >= 0.6 is 0 Å². The summed E-state index contributed by atoms with van der Waals surface area (Å²) in [4.78, 5) is 24.9. The first kappa shape index (κ1) is 24.3. The second-order valence-corrected chi connectivity index (χ2v) is 7.59. The van der Waals surface area contributed by atoms with Crippen LogP contribution in [0.1, 0.15) is 68.3 Å². The van der Waals surface area contributed by atoms with Crippen molar-refractivity contribution in [2.45, 2.75) is 58.8 Å². The molecule has 0 radical (unpaired) electrons. The summed E-state index contributed by atoms with van der Waals surface area (Å²) in [6, 6.07) is 12.1. The average Bonchev–Trinajstić information content (AvgIpc) is 2.77. The summed E-state index contributed by atoms with van der Waals surface area (Å²) in [5.74, 6) is 0.519. The van der Waals surface area contributed by atoms with Crippen molar-refractivity contribution < 1.29 is 19.4 Å². The normalized spacial score (nSPS) is 10.5. The van der Waals surface area contributed by atoms with Crippen molar-refractivity contribution in [1.29, 1.82) is 0 Å². The lowest BCUT2D eigenvalue weighted by atomic mass is 10.1. The molecule has 0 unspecified atom stereocenters. The van der Waals surface area contributed by atoms with Crippen LogP contribution in [-0.4, -0.2) is 30.1 Å². The van der Waals surface area contributed by atoms with E-state index in [1.165, 1.54) is 0 Å². The lowest BCUT2D eigenvalue weighted by molar-refractivity contribution is -0.116. The molecule has 0 fully saturated rings. The Morgan fingerprint density at radius 3 is 2.42 bits per heavy atom. The predicted molar refractivity (Wildman–Crippen MR) is 124 cm³/mol. The zero-order valence-electron chi connectivity index (χ0n) is 18.6. The molecule has 0 saturated carbocycles. The molecule has 2 aromatic carbocycles. The molecule has 168 valence electrons. The smallest absolute Gasteiger partial charge is 0.251 e. The lowest BCUT2D eigenvalue weighted by Gasteiger charge is -2.14. The number of unbranched alkanes of at least 4 members (excludes halogenated alkanes) is 3. The molecule has 31 heavy (non-hydrogen) atoms. The molecule has 0 saturated heterocycles. The minimum Gasteiger partial charge on any atom is -0.508 e. The molecule has 0 atom stereocenters. The molecule has 6 nitrogen and oxygen atoms in total. The van der Waals surface area contributed by atoms with Crippen LogP contribution in [0.4, 0.5) is 5.69 Å². The number of carbonyl (C=O) groups is 2. The van der Waals surface area contributed by atoms with Crippen LogP contribution in [0.15, 0.2) is 42.5 Å². The predicted octanol–water partition coefficient (Wildman–Crippen LogP) is 5.06. The van der Waals surface area contributed by atoms with E-state index < -0.39 is 0 Å². The maximum Gasteiger partial charge on any atom is 0.251 e. The van der Waals surface area contributed by atoms with Gasteiger partial charge in [0.05, 0.1) is 12.3 Å². The Morgan fingerprint density at radius 2 is 1.71 bits per heavy atom. The van der Waals surface area contributed by atoms with Crippen molar-refractivity contribution in [2.75, 3.05) is 18.5 Å². The molecule has 0 aliphatic heterocycles. The third kappa shape index (κ3) is 8.70. The zero-order chi connectivity index (χ0) is 22.5. The van der Waals surface area contributed by atoms with E-state index in [-0.39, 0.29) is 17.6 Å². The molecule has 0 spiro atoms.